The number of piperidine rings is 1. The van der Waals surface area contributed by atoms with Gasteiger partial charge in [-0.3, -0.25) is 0 Å². The van der Waals surface area contributed by atoms with E-state index in [0.717, 1.165) is 42.9 Å². The number of aliphatic imine (C=N–C) groups is 1. The van der Waals surface area contributed by atoms with Gasteiger partial charge in [-0.25, -0.2) is 4.79 Å². The van der Waals surface area contributed by atoms with Crippen LogP contribution in [0.1, 0.15) is 57.1 Å². The van der Waals surface area contributed by atoms with Crippen molar-refractivity contribution in [2.75, 3.05) is 20.2 Å². The van der Waals surface area contributed by atoms with E-state index in [9.17, 15) is 4.79 Å². The van der Waals surface area contributed by atoms with Crippen molar-refractivity contribution in [2.45, 2.75) is 52.6 Å². The molecule has 0 spiro atoms. The van der Waals surface area contributed by atoms with Gasteiger partial charge in [-0.05, 0) is 55.4 Å². The molecule has 2 rings (SSSR count). The van der Waals surface area contributed by atoms with Crippen LogP contribution in [0.25, 0.3) is 5.57 Å². The molecule has 0 atom stereocenters. The van der Waals surface area contributed by atoms with Crippen molar-refractivity contribution in [1.29, 1.82) is 0 Å². The smallest absolute Gasteiger partial charge is 0.338 e. The first-order valence-corrected chi connectivity index (χ1v) is 10.8. The van der Waals surface area contributed by atoms with E-state index < -0.39 is 0 Å². The second-order valence-corrected chi connectivity index (χ2v) is 7.14. The number of methoxy groups -OCH3 is 1. The minimum atomic E-state index is -0.342. The molecule has 0 N–H and O–H groups in total. The average Bonchev–Trinajstić information content (AvgIpc) is 2.79. The van der Waals surface area contributed by atoms with Crippen LogP contribution >= 0.6 is 0 Å². The molecule has 0 saturated carbocycles. The maximum absolute atomic E-state index is 12.3. The average molecular weight is 411 g/mol. The van der Waals surface area contributed by atoms with Crippen molar-refractivity contribution in [2.24, 2.45) is 4.99 Å². The number of hydrogen-bond acceptors (Lipinski definition) is 4. The molecule has 1 aliphatic heterocycles. The van der Waals surface area contributed by atoms with E-state index in [1.54, 1.807) is 6.08 Å². The summed E-state index contributed by atoms with van der Waals surface area (Å²) in [6, 6.07) is 7.75. The maximum atomic E-state index is 12.3. The van der Waals surface area contributed by atoms with Crippen LogP contribution in [-0.2, 0) is 20.9 Å². The summed E-state index contributed by atoms with van der Waals surface area (Å²) < 4.78 is 11.1. The molecule has 0 radical (unpaired) electrons. The van der Waals surface area contributed by atoms with Gasteiger partial charge in [0.05, 0.1) is 12.7 Å². The standard InChI is InChI=1S/C25H34N2O3/c1-5-13-22(25(28)29-4)21-16-10-9-15-20(21)19-30-24(14-6-2)26-23(7-3)27-17-11-8-12-18-27/h7,9-10,13-16H,3,5-6,8,11-12,17-19H2,1-2,4H3/b22-13+,24-14+,26-23+. The number of allylic oxidation sites excluding steroid dienone is 2. The van der Waals surface area contributed by atoms with Gasteiger partial charge in [0, 0.05) is 13.1 Å². The molecule has 1 saturated heterocycles. The Kier molecular flexibility index (Phi) is 9.92. The van der Waals surface area contributed by atoms with Crippen LogP contribution in [0.3, 0.4) is 0 Å². The molecule has 30 heavy (non-hydrogen) atoms. The molecular weight excluding hydrogens is 376 g/mol. The molecule has 0 bridgehead atoms. The predicted octanol–water partition coefficient (Wildman–Crippen LogP) is 5.49. The number of carbonyl (C=O) groups is 1. The van der Waals surface area contributed by atoms with Crippen LogP contribution in [0.15, 0.2) is 59.9 Å². The van der Waals surface area contributed by atoms with Crippen LogP contribution in [0.5, 0.6) is 0 Å². The van der Waals surface area contributed by atoms with Crippen LogP contribution in [-0.4, -0.2) is 36.9 Å². The predicted molar refractivity (Wildman–Crippen MR) is 123 cm³/mol. The van der Waals surface area contributed by atoms with Gasteiger partial charge in [0.2, 0.25) is 5.88 Å². The number of ether oxygens (including phenoxy) is 2. The number of nitrogens with zero attached hydrogens (tertiary/aromatic N) is 2. The number of benzene rings is 1. The van der Waals surface area contributed by atoms with Crippen molar-refractivity contribution >= 4 is 17.4 Å². The molecule has 1 aromatic carbocycles. The van der Waals surface area contributed by atoms with E-state index in [4.69, 9.17) is 14.5 Å². The zero-order valence-electron chi connectivity index (χ0n) is 18.5. The molecule has 162 valence electrons. The Bertz CT molecular complexity index is 802. The third-order valence-electron chi connectivity index (χ3n) is 4.96. The van der Waals surface area contributed by atoms with Crippen LogP contribution in [0.2, 0.25) is 0 Å². The molecule has 5 nitrogen and oxygen atoms in total. The molecule has 1 heterocycles. The number of carbonyl (C=O) groups excluding carboxylic acids is 1. The third kappa shape index (κ3) is 6.61. The van der Waals surface area contributed by atoms with Gasteiger partial charge < -0.3 is 14.4 Å². The molecule has 0 unspecified atom stereocenters. The summed E-state index contributed by atoms with van der Waals surface area (Å²) in [6.45, 7) is 10.3. The van der Waals surface area contributed by atoms with Crippen molar-refractivity contribution in [3.05, 3.63) is 66.1 Å². The Morgan fingerprint density at radius 1 is 1.13 bits per heavy atom. The topological polar surface area (TPSA) is 51.1 Å². The summed E-state index contributed by atoms with van der Waals surface area (Å²) >= 11 is 0. The van der Waals surface area contributed by atoms with Gasteiger partial charge in [-0.1, -0.05) is 50.8 Å². The quantitative estimate of drug-likeness (QED) is 0.178. The van der Waals surface area contributed by atoms with Gasteiger partial charge in [0.25, 0.3) is 0 Å². The van der Waals surface area contributed by atoms with Gasteiger partial charge in [-0.15, -0.1) is 0 Å². The first-order valence-electron chi connectivity index (χ1n) is 10.8. The zero-order chi connectivity index (χ0) is 21.8. The number of rotatable bonds is 9. The third-order valence-corrected chi connectivity index (χ3v) is 4.96. The first kappa shape index (κ1) is 23.5. The molecule has 0 aliphatic carbocycles. The number of likely N-dealkylation sites (tertiary alicyclic amines) is 1. The van der Waals surface area contributed by atoms with Gasteiger partial charge in [-0.2, -0.15) is 4.99 Å². The molecule has 5 heteroatoms. The van der Waals surface area contributed by atoms with E-state index in [0.29, 0.717) is 18.1 Å². The van der Waals surface area contributed by atoms with E-state index in [1.807, 2.05) is 43.3 Å². The number of esters is 1. The summed E-state index contributed by atoms with van der Waals surface area (Å²) in [5.41, 5.74) is 2.30. The van der Waals surface area contributed by atoms with Gasteiger partial charge >= 0.3 is 5.97 Å². The summed E-state index contributed by atoms with van der Waals surface area (Å²) in [5, 5.41) is 0. The highest BCUT2D eigenvalue weighted by molar-refractivity contribution is 6.16. The normalized spacial score (nSPS) is 15.7. The number of hydrogen-bond donors (Lipinski definition) is 0. The van der Waals surface area contributed by atoms with Crippen molar-refractivity contribution in [3.8, 4) is 0 Å². The lowest BCUT2D eigenvalue weighted by Gasteiger charge is -2.28. The highest BCUT2D eigenvalue weighted by Crippen LogP contribution is 2.23. The fourth-order valence-electron chi connectivity index (χ4n) is 3.47. The molecule has 0 amide bonds. The minimum absolute atomic E-state index is 0.313. The van der Waals surface area contributed by atoms with Crippen LogP contribution in [0, 0.1) is 0 Å². The zero-order valence-corrected chi connectivity index (χ0v) is 18.5. The van der Waals surface area contributed by atoms with Crippen molar-refractivity contribution < 1.29 is 14.3 Å². The Hall–Kier alpha value is -2.82. The largest absolute Gasteiger partial charge is 0.473 e. The highest BCUT2D eigenvalue weighted by Gasteiger charge is 2.17. The molecule has 0 aromatic heterocycles. The van der Waals surface area contributed by atoms with E-state index in [1.165, 1.54) is 26.4 Å². The van der Waals surface area contributed by atoms with Crippen molar-refractivity contribution in [3.63, 3.8) is 0 Å². The van der Waals surface area contributed by atoms with Crippen LogP contribution in [0.4, 0.5) is 0 Å². The van der Waals surface area contributed by atoms with Crippen LogP contribution < -0.4 is 0 Å². The second kappa shape index (κ2) is 12.7. The fraction of sp³-hybridized carbons (Fsp3) is 0.440. The lowest BCUT2D eigenvalue weighted by atomic mass is 9.99. The fourth-order valence-corrected chi connectivity index (χ4v) is 3.47. The number of amidine groups is 1. The first-order chi connectivity index (χ1) is 14.6. The SMILES string of the molecule is C=C/C(=N\C(=C/CC)OCc1ccccc1/C(=C\CC)C(=O)OC)N1CCCCC1. The maximum Gasteiger partial charge on any atom is 0.338 e. The minimum Gasteiger partial charge on any atom is -0.473 e. The Balaban J connectivity index is 2.24. The highest BCUT2D eigenvalue weighted by atomic mass is 16.5. The summed E-state index contributed by atoms with van der Waals surface area (Å²) in [4.78, 5) is 19.3. The lowest BCUT2D eigenvalue weighted by Crippen LogP contribution is -2.34. The van der Waals surface area contributed by atoms with E-state index in [2.05, 4.69) is 18.4 Å². The summed E-state index contributed by atoms with van der Waals surface area (Å²) in [5.74, 6) is 1.08. The van der Waals surface area contributed by atoms with E-state index in [-0.39, 0.29) is 5.97 Å². The molecule has 1 aromatic rings. The lowest BCUT2D eigenvalue weighted by molar-refractivity contribution is -0.133. The Labute approximate surface area is 180 Å². The Morgan fingerprint density at radius 2 is 1.83 bits per heavy atom. The van der Waals surface area contributed by atoms with Crippen molar-refractivity contribution in [1.82, 2.24) is 4.90 Å². The molecule has 1 aliphatic rings. The van der Waals surface area contributed by atoms with Gasteiger partial charge in [0.15, 0.2) is 0 Å². The monoisotopic (exact) mass is 410 g/mol. The summed E-state index contributed by atoms with van der Waals surface area (Å²) in [6.07, 6.45) is 10.8. The summed E-state index contributed by atoms with van der Waals surface area (Å²) in [7, 11) is 1.40. The van der Waals surface area contributed by atoms with Gasteiger partial charge in [0.1, 0.15) is 12.4 Å². The molecular formula is C25H34N2O3. The molecule has 1 fully saturated rings. The van der Waals surface area contributed by atoms with E-state index >= 15 is 0 Å². The second-order valence-electron chi connectivity index (χ2n) is 7.14. The Morgan fingerprint density at radius 3 is 2.47 bits per heavy atom.